The van der Waals surface area contributed by atoms with Crippen molar-refractivity contribution in [3.05, 3.63) is 40.1 Å². The van der Waals surface area contributed by atoms with E-state index in [1.807, 2.05) is 6.92 Å². The summed E-state index contributed by atoms with van der Waals surface area (Å²) in [5.41, 5.74) is 2.45. The zero-order valence-corrected chi connectivity index (χ0v) is 20.9. The van der Waals surface area contributed by atoms with Crippen LogP contribution in [0, 0.1) is 20.8 Å². The summed E-state index contributed by atoms with van der Waals surface area (Å²) in [6, 6.07) is 1.42. The van der Waals surface area contributed by atoms with Gasteiger partial charge in [-0.25, -0.2) is 18.0 Å². The van der Waals surface area contributed by atoms with Crippen molar-refractivity contribution in [3.8, 4) is 0 Å². The fraction of sp³-hybridized carbons (Fsp3) is 0.522. The van der Waals surface area contributed by atoms with Crippen molar-refractivity contribution < 1.29 is 32.3 Å². The molecule has 1 aromatic rings. The van der Waals surface area contributed by atoms with Crippen LogP contribution in [0.15, 0.2) is 28.3 Å². The molecule has 3 rings (SSSR count). The number of amides is 2. The number of benzene rings is 1. The van der Waals surface area contributed by atoms with E-state index in [1.54, 1.807) is 39.8 Å². The van der Waals surface area contributed by atoms with Crippen molar-refractivity contribution in [2.24, 2.45) is 0 Å². The minimum atomic E-state index is -3.94. The summed E-state index contributed by atoms with van der Waals surface area (Å²) in [7, 11) is -3.94. The molecule has 0 aliphatic carbocycles. The SMILES string of the molecule is CCOC(=O)C1=C(COC(=O)C2CCCN2S(=O)(=O)c2c(C)cc(C)cc2C)NC(=O)NC1C. The summed E-state index contributed by atoms with van der Waals surface area (Å²) in [4.78, 5) is 37.4. The van der Waals surface area contributed by atoms with Crippen molar-refractivity contribution >= 4 is 28.0 Å². The lowest BCUT2D eigenvalue weighted by atomic mass is 10.0. The Morgan fingerprint density at radius 1 is 1.15 bits per heavy atom. The van der Waals surface area contributed by atoms with Crippen LogP contribution in [0.25, 0.3) is 0 Å². The Labute approximate surface area is 199 Å². The number of esters is 2. The Morgan fingerprint density at radius 3 is 2.41 bits per heavy atom. The first kappa shape index (κ1) is 25.7. The van der Waals surface area contributed by atoms with Gasteiger partial charge in [-0.1, -0.05) is 17.7 Å². The van der Waals surface area contributed by atoms with Gasteiger partial charge < -0.3 is 20.1 Å². The number of urea groups is 1. The fourth-order valence-electron chi connectivity index (χ4n) is 4.59. The third-order valence-corrected chi connectivity index (χ3v) is 8.09. The first-order valence-corrected chi connectivity index (χ1v) is 12.6. The van der Waals surface area contributed by atoms with Gasteiger partial charge in [-0.2, -0.15) is 4.31 Å². The molecule has 2 atom stereocenters. The molecule has 2 aliphatic rings. The molecule has 2 unspecified atom stereocenters. The molecule has 186 valence electrons. The standard InChI is InChI=1S/C23H31N3O7S/c1-6-32-22(28)19-16(5)24-23(29)25-17(19)12-33-21(27)18-8-7-9-26(18)34(30,31)20-14(3)10-13(2)11-15(20)4/h10-11,16,18H,6-9,12H2,1-5H3,(H2,24,25,29). The molecule has 10 nitrogen and oxygen atoms in total. The molecule has 0 spiro atoms. The molecule has 1 saturated heterocycles. The molecule has 1 aromatic carbocycles. The molecule has 34 heavy (non-hydrogen) atoms. The number of carbonyl (C=O) groups excluding carboxylic acids is 3. The number of aryl methyl sites for hydroxylation is 3. The van der Waals surface area contributed by atoms with E-state index in [1.165, 1.54) is 4.31 Å². The van der Waals surface area contributed by atoms with E-state index in [-0.39, 0.29) is 29.3 Å². The quantitative estimate of drug-likeness (QED) is 0.554. The molecule has 1 fully saturated rings. The predicted octanol–water partition coefficient (Wildman–Crippen LogP) is 1.83. The molecule has 0 bridgehead atoms. The first-order valence-electron chi connectivity index (χ1n) is 11.2. The lowest BCUT2D eigenvalue weighted by Crippen LogP contribution is -2.50. The predicted molar refractivity (Wildman–Crippen MR) is 123 cm³/mol. The van der Waals surface area contributed by atoms with Crippen molar-refractivity contribution in [3.63, 3.8) is 0 Å². The van der Waals surface area contributed by atoms with E-state index in [4.69, 9.17) is 9.47 Å². The maximum atomic E-state index is 13.5. The summed E-state index contributed by atoms with van der Waals surface area (Å²) in [5, 5.41) is 5.05. The van der Waals surface area contributed by atoms with Crippen LogP contribution in [0.2, 0.25) is 0 Å². The Hall–Kier alpha value is -2.92. The van der Waals surface area contributed by atoms with Crippen LogP contribution < -0.4 is 10.6 Å². The fourth-order valence-corrected chi connectivity index (χ4v) is 6.65. The normalized spacial score (nSPS) is 21.1. The Kier molecular flexibility index (Phi) is 7.67. The van der Waals surface area contributed by atoms with Gasteiger partial charge in [-0.3, -0.25) is 4.79 Å². The highest BCUT2D eigenvalue weighted by atomic mass is 32.2. The number of nitrogens with one attached hydrogen (secondary N) is 2. The Bertz CT molecular complexity index is 1120. The number of carbonyl (C=O) groups is 3. The molecule has 0 radical (unpaired) electrons. The first-order chi connectivity index (χ1) is 16.0. The summed E-state index contributed by atoms with van der Waals surface area (Å²) >= 11 is 0. The second-order valence-electron chi connectivity index (χ2n) is 8.54. The number of hydrogen-bond acceptors (Lipinski definition) is 7. The van der Waals surface area contributed by atoms with Crippen molar-refractivity contribution in [1.29, 1.82) is 0 Å². The number of nitrogens with zero attached hydrogens (tertiary/aromatic N) is 1. The summed E-state index contributed by atoms with van der Waals surface area (Å²) in [6.07, 6.45) is 0.827. The summed E-state index contributed by atoms with van der Waals surface area (Å²) in [6.45, 7) is 8.59. The molecular formula is C23H31N3O7S. The van der Waals surface area contributed by atoms with Crippen LogP contribution in [-0.4, -0.2) is 62.5 Å². The van der Waals surface area contributed by atoms with Gasteiger partial charge in [0, 0.05) is 6.54 Å². The molecular weight excluding hydrogens is 462 g/mol. The van der Waals surface area contributed by atoms with Crippen LogP contribution >= 0.6 is 0 Å². The van der Waals surface area contributed by atoms with Crippen molar-refractivity contribution in [1.82, 2.24) is 14.9 Å². The average Bonchev–Trinajstić information content (AvgIpc) is 3.21. The topological polar surface area (TPSA) is 131 Å². The highest BCUT2D eigenvalue weighted by Gasteiger charge is 2.42. The van der Waals surface area contributed by atoms with Gasteiger partial charge in [0.25, 0.3) is 0 Å². The number of ether oxygens (including phenoxy) is 2. The molecule has 2 heterocycles. The number of hydrogen-bond donors (Lipinski definition) is 2. The maximum Gasteiger partial charge on any atom is 0.338 e. The van der Waals surface area contributed by atoms with Gasteiger partial charge in [0.05, 0.1) is 28.8 Å². The van der Waals surface area contributed by atoms with E-state index in [2.05, 4.69) is 10.6 Å². The van der Waals surface area contributed by atoms with Gasteiger partial charge in [-0.05, 0) is 58.6 Å². The van der Waals surface area contributed by atoms with E-state index in [9.17, 15) is 22.8 Å². The van der Waals surface area contributed by atoms with Crippen LogP contribution in [-0.2, 0) is 29.1 Å². The average molecular weight is 494 g/mol. The van der Waals surface area contributed by atoms with Crippen LogP contribution in [0.1, 0.15) is 43.4 Å². The molecule has 0 aromatic heterocycles. The highest BCUT2D eigenvalue weighted by Crippen LogP contribution is 2.31. The summed E-state index contributed by atoms with van der Waals surface area (Å²) < 4.78 is 38.6. The van der Waals surface area contributed by atoms with Gasteiger partial charge in [0.2, 0.25) is 10.0 Å². The molecule has 0 saturated carbocycles. The van der Waals surface area contributed by atoms with Gasteiger partial charge in [0.1, 0.15) is 12.6 Å². The van der Waals surface area contributed by atoms with E-state index >= 15 is 0 Å². The zero-order chi connectivity index (χ0) is 25.2. The second kappa shape index (κ2) is 10.1. The van der Waals surface area contributed by atoms with E-state index < -0.39 is 46.7 Å². The largest absolute Gasteiger partial charge is 0.463 e. The van der Waals surface area contributed by atoms with Gasteiger partial charge >= 0.3 is 18.0 Å². The molecule has 2 amide bonds. The minimum absolute atomic E-state index is 0.112. The lowest BCUT2D eigenvalue weighted by Gasteiger charge is -2.27. The van der Waals surface area contributed by atoms with Crippen molar-refractivity contribution in [2.75, 3.05) is 19.8 Å². The third-order valence-electron chi connectivity index (χ3n) is 5.87. The molecule has 2 N–H and O–H groups in total. The monoisotopic (exact) mass is 493 g/mol. The highest BCUT2D eigenvalue weighted by molar-refractivity contribution is 7.89. The van der Waals surface area contributed by atoms with E-state index in [0.29, 0.717) is 24.0 Å². The number of rotatable bonds is 7. The molecule has 2 aliphatic heterocycles. The zero-order valence-electron chi connectivity index (χ0n) is 20.1. The van der Waals surface area contributed by atoms with Crippen molar-refractivity contribution in [2.45, 2.75) is 64.4 Å². The van der Waals surface area contributed by atoms with Crippen LogP contribution in [0.3, 0.4) is 0 Å². The number of sulfonamides is 1. The lowest BCUT2D eigenvalue weighted by molar-refractivity contribution is -0.147. The van der Waals surface area contributed by atoms with Crippen LogP contribution in [0.5, 0.6) is 0 Å². The third kappa shape index (κ3) is 5.10. The Balaban J connectivity index is 1.82. The summed E-state index contributed by atoms with van der Waals surface area (Å²) in [5.74, 6) is -1.37. The molecule has 11 heteroatoms. The minimum Gasteiger partial charge on any atom is -0.463 e. The van der Waals surface area contributed by atoms with Gasteiger partial charge in [0.15, 0.2) is 0 Å². The smallest absolute Gasteiger partial charge is 0.338 e. The van der Waals surface area contributed by atoms with Gasteiger partial charge in [-0.15, -0.1) is 0 Å². The van der Waals surface area contributed by atoms with Crippen LogP contribution in [0.4, 0.5) is 4.79 Å². The van der Waals surface area contributed by atoms with E-state index in [0.717, 1.165) is 5.56 Å². The second-order valence-corrected chi connectivity index (χ2v) is 10.4. The Morgan fingerprint density at radius 2 is 1.79 bits per heavy atom. The maximum absolute atomic E-state index is 13.5.